The minimum absolute atomic E-state index is 0.431. The lowest BCUT2D eigenvalue weighted by molar-refractivity contribution is 0.334. The Kier molecular flexibility index (Phi) is 3.57. The van der Waals surface area contributed by atoms with E-state index in [0.717, 1.165) is 5.92 Å². The van der Waals surface area contributed by atoms with Gasteiger partial charge in [0.2, 0.25) is 0 Å². The first-order valence-corrected chi connectivity index (χ1v) is 4.71. The molecule has 1 aliphatic rings. The van der Waals surface area contributed by atoms with Gasteiger partial charge in [-0.2, -0.15) is 12.6 Å². The zero-order valence-electron chi connectivity index (χ0n) is 6.64. The first kappa shape index (κ1) is 8.41. The van der Waals surface area contributed by atoms with Crippen molar-refractivity contribution in [3.05, 3.63) is 0 Å². The summed E-state index contributed by atoms with van der Waals surface area (Å²) in [6.07, 6.45) is 6.98. The van der Waals surface area contributed by atoms with E-state index in [0.29, 0.717) is 5.37 Å². The molecule has 0 aromatic heterocycles. The van der Waals surface area contributed by atoms with Crippen molar-refractivity contribution < 1.29 is 0 Å². The van der Waals surface area contributed by atoms with E-state index in [2.05, 4.69) is 17.9 Å². The van der Waals surface area contributed by atoms with Gasteiger partial charge in [-0.3, -0.25) is 0 Å². The second-order valence-electron chi connectivity index (χ2n) is 3.13. The Balaban J connectivity index is 2.24. The summed E-state index contributed by atoms with van der Waals surface area (Å²) in [6, 6.07) is 0. The molecule has 0 aliphatic heterocycles. The summed E-state index contributed by atoms with van der Waals surface area (Å²) in [6.45, 7) is 0. The van der Waals surface area contributed by atoms with Gasteiger partial charge in [-0.25, -0.2) is 0 Å². The maximum absolute atomic E-state index is 4.46. The van der Waals surface area contributed by atoms with Gasteiger partial charge >= 0.3 is 0 Å². The van der Waals surface area contributed by atoms with Crippen molar-refractivity contribution in [2.24, 2.45) is 5.92 Å². The van der Waals surface area contributed by atoms with Crippen LogP contribution in [0.5, 0.6) is 0 Å². The Labute approximate surface area is 69.0 Å². The zero-order valence-corrected chi connectivity index (χ0v) is 7.53. The predicted octanol–water partition coefficient (Wildman–Crippen LogP) is 2.04. The Morgan fingerprint density at radius 3 is 2.40 bits per heavy atom. The fourth-order valence-corrected chi connectivity index (χ4v) is 1.98. The molecule has 1 aliphatic carbocycles. The fourth-order valence-electron chi connectivity index (χ4n) is 1.69. The molecule has 1 N–H and O–H groups in total. The van der Waals surface area contributed by atoms with Gasteiger partial charge in [0, 0.05) is 0 Å². The van der Waals surface area contributed by atoms with Crippen molar-refractivity contribution in [1.29, 1.82) is 0 Å². The van der Waals surface area contributed by atoms with Crippen LogP contribution in [0.3, 0.4) is 0 Å². The highest BCUT2D eigenvalue weighted by Gasteiger charge is 2.18. The Morgan fingerprint density at radius 2 is 1.90 bits per heavy atom. The minimum Gasteiger partial charge on any atom is -0.308 e. The van der Waals surface area contributed by atoms with Crippen LogP contribution < -0.4 is 5.32 Å². The summed E-state index contributed by atoms with van der Waals surface area (Å²) in [5.41, 5.74) is 0. The molecule has 1 fully saturated rings. The number of thiol groups is 1. The summed E-state index contributed by atoms with van der Waals surface area (Å²) in [4.78, 5) is 0. The standard InChI is InChI=1S/C8H17NS/c1-9-8(10)7-5-3-2-4-6-7/h7-10H,2-6H2,1H3. The third-order valence-electron chi connectivity index (χ3n) is 2.39. The first-order valence-electron chi connectivity index (χ1n) is 4.20. The van der Waals surface area contributed by atoms with Crippen molar-refractivity contribution in [2.45, 2.75) is 37.5 Å². The molecule has 0 aromatic rings. The molecule has 2 heteroatoms. The van der Waals surface area contributed by atoms with Crippen LogP contribution in [0.1, 0.15) is 32.1 Å². The average molecular weight is 159 g/mol. The van der Waals surface area contributed by atoms with Crippen LogP contribution in [0, 0.1) is 5.92 Å². The zero-order chi connectivity index (χ0) is 7.40. The highest BCUT2D eigenvalue weighted by atomic mass is 32.1. The van der Waals surface area contributed by atoms with E-state index in [-0.39, 0.29) is 0 Å². The van der Waals surface area contributed by atoms with E-state index in [1.807, 2.05) is 7.05 Å². The Bertz CT molecular complexity index is 89.3. The van der Waals surface area contributed by atoms with Crippen molar-refractivity contribution in [3.63, 3.8) is 0 Å². The third-order valence-corrected chi connectivity index (χ3v) is 3.07. The molecule has 0 bridgehead atoms. The molecule has 0 spiro atoms. The fraction of sp³-hybridized carbons (Fsp3) is 1.00. The molecule has 1 nitrogen and oxygen atoms in total. The SMILES string of the molecule is CNC(S)C1CCCCC1. The Hall–Kier alpha value is 0.310. The summed E-state index contributed by atoms with van der Waals surface area (Å²) >= 11 is 4.46. The second kappa shape index (κ2) is 4.24. The van der Waals surface area contributed by atoms with Gasteiger partial charge in [-0.15, -0.1) is 0 Å². The molecule has 10 heavy (non-hydrogen) atoms. The lowest BCUT2D eigenvalue weighted by Crippen LogP contribution is -2.29. The van der Waals surface area contributed by atoms with Crippen molar-refractivity contribution in [2.75, 3.05) is 7.05 Å². The van der Waals surface area contributed by atoms with Crippen LogP contribution >= 0.6 is 12.6 Å². The van der Waals surface area contributed by atoms with Crippen LogP contribution in [-0.2, 0) is 0 Å². The molecule has 0 aromatic carbocycles. The van der Waals surface area contributed by atoms with Gasteiger partial charge in [-0.05, 0) is 25.8 Å². The minimum atomic E-state index is 0.431. The third kappa shape index (κ3) is 2.17. The molecular weight excluding hydrogens is 142 g/mol. The van der Waals surface area contributed by atoms with Crippen LogP contribution in [0.25, 0.3) is 0 Å². The molecule has 0 radical (unpaired) electrons. The summed E-state index contributed by atoms with van der Waals surface area (Å²) in [7, 11) is 1.99. The van der Waals surface area contributed by atoms with Crippen molar-refractivity contribution >= 4 is 12.6 Å². The largest absolute Gasteiger partial charge is 0.308 e. The summed E-state index contributed by atoms with van der Waals surface area (Å²) in [5.74, 6) is 0.821. The lowest BCUT2D eigenvalue weighted by Gasteiger charge is -2.26. The van der Waals surface area contributed by atoms with Crippen LogP contribution in [0.15, 0.2) is 0 Å². The number of rotatable bonds is 2. The van der Waals surface area contributed by atoms with E-state index in [1.54, 1.807) is 0 Å². The second-order valence-corrected chi connectivity index (χ2v) is 3.69. The summed E-state index contributed by atoms with van der Waals surface area (Å²) < 4.78 is 0. The van der Waals surface area contributed by atoms with Crippen LogP contribution in [0.4, 0.5) is 0 Å². The van der Waals surface area contributed by atoms with Gasteiger partial charge < -0.3 is 5.32 Å². The topological polar surface area (TPSA) is 12.0 Å². The molecule has 60 valence electrons. The van der Waals surface area contributed by atoms with Gasteiger partial charge in [0.05, 0.1) is 5.37 Å². The van der Waals surface area contributed by atoms with E-state index in [9.17, 15) is 0 Å². The normalized spacial score (nSPS) is 24.6. The van der Waals surface area contributed by atoms with Crippen LogP contribution in [-0.4, -0.2) is 12.4 Å². The van der Waals surface area contributed by atoms with Crippen LogP contribution in [0.2, 0.25) is 0 Å². The average Bonchev–Trinajstić information content (AvgIpc) is 2.05. The predicted molar refractivity (Wildman–Crippen MR) is 48.4 cm³/mol. The monoisotopic (exact) mass is 159 g/mol. The van der Waals surface area contributed by atoms with Gasteiger partial charge in [0.1, 0.15) is 0 Å². The number of hydrogen-bond donors (Lipinski definition) is 2. The molecule has 0 heterocycles. The maximum atomic E-state index is 4.46. The van der Waals surface area contributed by atoms with Crippen molar-refractivity contribution in [3.8, 4) is 0 Å². The summed E-state index contributed by atoms with van der Waals surface area (Å²) in [5, 5.41) is 3.63. The smallest absolute Gasteiger partial charge is 0.0528 e. The molecule has 1 unspecified atom stereocenters. The molecule has 1 saturated carbocycles. The molecule has 0 saturated heterocycles. The van der Waals surface area contributed by atoms with E-state index in [4.69, 9.17) is 0 Å². The van der Waals surface area contributed by atoms with Crippen molar-refractivity contribution in [1.82, 2.24) is 5.32 Å². The highest BCUT2D eigenvalue weighted by Crippen LogP contribution is 2.27. The molecule has 1 rings (SSSR count). The first-order chi connectivity index (χ1) is 4.84. The molecule has 1 atom stereocenters. The Morgan fingerprint density at radius 1 is 1.30 bits per heavy atom. The lowest BCUT2D eigenvalue weighted by atomic mass is 9.89. The van der Waals surface area contributed by atoms with E-state index >= 15 is 0 Å². The molecular formula is C8H17NS. The molecule has 0 amide bonds. The van der Waals surface area contributed by atoms with E-state index < -0.39 is 0 Å². The number of nitrogens with one attached hydrogen (secondary N) is 1. The quantitative estimate of drug-likeness (QED) is 0.464. The number of hydrogen-bond acceptors (Lipinski definition) is 2. The van der Waals surface area contributed by atoms with Gasteiger partial charge in [-0.1, -0.05) is 19.3 Å². The van der Waals surface area contributed by atoms with E-state index in [1.165, 1.54) is 32.1 Å². The maximum Gasteiger partial charge on any atom is 0.0528 e. The highest BCUT2D eigenvalue weighted by molar-refractivity contribution is 7.80. The van der Waals surface area contributed by atoms with Gasteiger partial charge in [0.25, 0.3) is 0 Å². The van der Waals surface area contributed by atoms with Gasteiger partial charge in [0.15, 0.2) is 0 Å².